The highest BCUT2D eigenvalue weighted by molar-refractivity contribution is 7.20. The first-order valence-electron chi connectivity index (χ1n) is 12.2. The van der Waals surface area contributed by atoms with Gasteiger partial charge < -0.3 is 0 Å². The summed E-state index contributed by atoms with van der Waals surface area (Å²) in [6, 6.07) is 42.2. The normalized spacial score (nSPS) is 11.2. The van der Waals surface area contributed by atoms with Gasteiger partial charge in [0, 0.05) is 23.5 Å². The van der Waals surface area contributed by atoms with Crippen LogP contribution >= 0.6 is 0 Å². The maximum Gasteiger partial charge on any atom is 0.225 e. The molecular weight excluding hydrogens is 468 g/mol. The molecule has 0 N–H and O–H groups in total. The van der Waals surface area contributed by atoms with Crippen LogP contribution < -0.4 is 21.0 Å². The van der Waals surface area contributed by atoms with E-state index < -0.39 is 8.07 Å². The summed E-state index contributed by atoms with van der Waals surface area (Å²) in [5, 5.41) is 4.41. The first-order valence-corrected chi connectivity index (χ1v) is 14.2. The average Bonchev–Trinajstić information content (AvgIpc) is 3.00. The van der Waals surface area contributed by atoms with Crippen LogP contribution in [0, 0.1) is 0 Å². The smallest absolute Gasteiger partial charge is 0.225 e. The Bertz CT molecular complexity index is 1480. The predicted molar refractivity (Wildman–Crippen MR) is 152 cm³/mol. The van der Waals surface area contributed by atoms with Gasteiger partial charge in [-0.15, -0.1) is 0 Å². The molecule has 176 valence electrons. The zero-order valence-corrected chi connectivity index (χ0v) is 21.1. The summed E-state index contributed by atoms with van der Waals surface area (Å²) in [6.07, 6.45) is 7.21. The Morgan fingerprint density at radius 2 is 0.757 bits per heavy atom. The second kappa shape index (κ2) is 10.1. The second-order valence-corrected chi connectivity index (χ2v) is 12.4. The molecule has 0 bridgehead atoms. The van der Waals surface area contributed by atoms with Crippen LogP contribution in [0.25, 0.3) is 22.3 Å². The van der Waals surface area contributed by atoms with Gasteiger partial charge in [-0.05, 0) is 21.5 Å². The Hall–Kier alpha value is -4.74. The maximum atomic E-state index is 5.08. The SMILES string of the molecule is c1ccc(-c2cncnc2[Si](c2ccccc2)(c2ccccc2)c2ncncc2-c2ccccc2)cc1. The third kappa shape index (κ3) is 4.05. The number of hydrogen-bond donors (Lipinski definition) is 0. The van der Waals surface area contributed by atoms with Crippen LogP contribution in [-0.4, -0.2) is 28.0 Å². The van der Waals surface area contributed by atoms with Gasteiger partial charge in [0.15, 0.2) is 0 Å². The van der Waals surface area contributed by atoms with E-state index in [9.17, 15) is 0 Å². The summed E-state index contributed by atoms with van der Waals surface area (Å²) in [5.41, 5.74) is 4.19. The minimum atomic E-state index is -3.06. The van der Waals surface area contributed by atoms with Crippen molar-refractivity contribution in [2.24, 2.45) is 0 Å². The maximum absolute atomic E-state index is 5.08. The molecule has 0 radical (unpaired) electrons. The van der Waals surface area contributed by atoms with Crippen LogP contribution in [0.3, 0.4) is 0 Å². The molecule has 0 saturated carbocycles. The third-order valence-corrected chi connectivity index (χ3v) is 11.3. The van der Waals surface area contributed by atoms with Gasteiger partial charge >= 0.3 is 0 Å². The largest absolute Gasteiger partial charge is 0.244 e. The highest BCUT2D eigenvalue weighted by atomic mass is 28.3. The second-order valence-electron chi connectivity index (χ2n) is 8.78. The van der Waals surface area contributed by atoms with Gasteiger partial charge in [0.05, 0.1) is 10.6 Å². The van der Waals surface area contributed by atoms with Gasteiger partial charge in [-0.3, -0.25) is 0 Å². The van der Waals surface area contributed by atoms with E-state index in [4.69, 9.17) is 9.97 Å². The summed E-state index contributed by atoms with van der Waals surface area (Å²) in [6.45, 7) is 0. The molecule has 0 unspecified atom stereocenters. The Morgan fingerprint density at radius 1 is 0.405 bits per heavy atom. The average molecular weight is 493 g/mol. The number of nitrogens with zero attached hydrogens (tertiary/aromatic N) is 4. The van der Waals surface area contributed by atoms with E-state index in [-0.39, 0.29) is 0 Å². The van der Waals surface area contributed by atoms with Crippen molar-refractivity contribution in [3.63, 3.8) is 0 Å². The number of rotatable bonds is 6. The van der Waals surface area contributed by atoms with Crippen molar-refractivity contribution in [1.82, 2.24) is 19.9 Å². The molecule has 2 heterocycles. The van der Waals surface area contributed by atoms with Crippen molar-refractivity contribution in [3.8, 4) is 22.3 Å². The molecule has 0 amide bonds. The fraction of sp³-hybridized carbons (Fsp3) is 0. The fourth-order valence-electron chi connectivity index (χ4n) is 5.12. The molecule has 6 rings (SSSR count). The molecule has 37 heavy (non-hydrogen) atoms. The summed E-state index contributed by atoms with van der Waals surface area (Å²) in [5.74, 6) is 0. The van der Waals surface area contributed by atoms with Crippen molar-refractivity contribution in [3.05, 3.63) is 146 Å². The van der Waals surface area contributed by atoms with E-state index in [0.29, 0.717) is 0 Å². The lowest BCUT2D eigenvalue weighted by Gasteiger charge is -2.34. The van der Waals surface area contributed by atoms with Crippen molar-refractivity contribution < 1.29 is 0 Å². The van der Waals surface area contributed by atoms with Crippen molar-refractivity contribution in [1.29, 1.82) is 0 Å². The molecule has 0 saturated heterocycles. The first kappa shape index (κ1) is 22.7. The summed E-state index contributed by atoms with van der Waals surface area (Å²) in [4.78, 5) is 19.1. The van der Waals surface area contributed by atoms with Crippen LogP contribution in [0.2, 0.25) is 0 Å². The third-order valence-electron chi connectivity index (χ3n) is 6.72. The predicted octanol–water partition coefficient (Wildman–Crippen LogP) is 3.98. The van der Waals surface area contributed by atoms with E-state index in [1.165, 1.54) is 10.4 Å². The minimum absolute atomic E-state index is 1.00. The Morgan fingerprint density at radius 3 is 1.14 bits per heavy atom. The number of hydrogen-bond acceptors (Lipinski definition) is 4. The van der Waals surface area contributed by atoms with E-state index in [2.05, 4.69) is 119 Å². The minimum Gasteiger partial charge on any atom is -0.244 e. The Kier molecular flexibility index (Phi) is 6.19. The fourth-order valence-corrected chi connectivity index (χ4v) is 9.88. The lowest BCUT2D eigenvalue weighted by molar-refractivity contribution is 1.18. The van der Waals surface area contributed by atoms with Crippen LogP contribution in [0.15, 0.2) is 146 Å². The van der Waals surface area contributed by atoms with Crippen LogP contribution in [0.1, 0.15) is 0 Å². The monoisotopic (exact) mass is 492 g/mol. The summed E-state index contributed by atoms with van der Waals surface area (Å²) >= 11 is 0. The van der Waals surface area contributed by atoms with Crippen LogP contribution in [-0.2, 0) is 0 Å². The van der Waals surface area contributed by atoms with Crippen LogP contribution in [0.5, 0.6) is 0 Å². The molecule has 0 aliphatic heterocycles. The molecular formula is C32H24N4Si. The van der Waals surface area contributed by atoms with Gasteiger partial charge in [-0.1, -0.05) is 121 Å². The van der Waals surface area contributed by atoms with Gasteiger partial charge in [0.25, 0.3) is 0 Å². The van der Waals surface area contributed by atoms with Gasteiger partial charge in [0.2, 0.25) is 8.07 Å². The molecule has 0 aliphatic carbocycles. The molecule has 0 atom stereocenters. The Labute approximate surface area is 217 Å². The van der Waals surface area contributed by atoms with Crippen molar-refractivity contribution >= 4 is 29.1 Å². The molecule has 5 heteroatoms. The lowest BCUT2D eigenvalue weighted by Crippen LogP contribution is -2.77. The highest BCUT2D eigenvalue weighted by Crippen LogP contribution is 2.23. The van der Waals surface area contributed by atoms with E-state index in [1.54, 1.807) is 12.7 Å². The van der Waals surface area contributed by atoms with E-state index >= 15 is 0 Å². The topological polar surface area (TPSA) is 51.6 Å². The summed E-state index contributed by atoms with van der Waals surface area (Å²) in [7, 11) is -3.06. The number of benzene rings is 4. The zero-order chi connectivity index (χ0) is 24.9. The first-order chi connectivity index (χ1) is 18.4. The molecule has 2 aromatic heterocycles. The Balaban J connectivity index is 1.80. The van der Waals surface area contributed by atoms with E-state index in [1.807, 2.05) is 24.5 Å². The molecule has 0 spiro atoms. The van der Waals surface area contributed by atoms with Gasteiger partial charge in [0.1, 0.15) is 12.7 Å². The molecule has 6 aromatic rings. The quantitative estimate of drug-likeness (QED) is 0.330. The van der Waals surface area contributed by atoms with Crippen molar-refractivity contribution in [2.75, 3.05) is 0 Å². The van der Waals surface area contributed by atoms with Gasteiger partial charge in [-0.25, -0.2) is 19.9 Å². The molecule has 0 fully saturated rings. The van der Waals surface area contributed by atoms with Crippen LogP contribution in [0.4, 0.5) is 0 Å². The standard InChI is InChI=1S/C32H24N4Si/c1-5-13-25(14-6-1)29-21-33-23-35-31(29)37(27-17-9-3-10-18-27,28-19-11-4-12-20-28)32-30(22-34-24-36-32)26-15-7-2-8-16-26/h1-24H. The van der Waals surface area contributed by atoms with Gasteiger partial charge in [-0.2, -0.15) is 0 Å². The zero-order valence-electron chi connectivity index (χ0n) is 20.1. The molecule has 4 nitrogen and oxygen atoms in total. The molecule has 0 aliphatic rings. The lowest BCUT2D eigenvalue weighted by atomic mass is 10.1. The summed E-state index contributed by atoms with van der Waals surface area (Å²) < 4.78 is 0. The number of aromatic nitrogens is 4. The van der Waals surface area contributed by atoms with Crippen molar-refractivity contribution in [2.45, 2.75) is 0 Å². The highest BCUT2D eigenvalue weighted by Gasteiger charge is 2.47. The molecule has 4 aromatic carbocycles. The van der Waals surface area contributed by atoms with E-state index in [0.717, 1.165) is 32.9 Å².